The SMILES string of the molecule is CCCCCCCCOC(=O)C(C)S(=O)(=O)O. The summed E-state index contributed by atoms with van der Waals surface area (Å²) >= 11 is 0. The second-order valence-corrected chi connectivity index (χ2v) is 5.83. The molecule has 0 aliphatic carbocycles. The molecule has 0 heterocycles. The third-order valence-electron chi connectivity index (χ3n) is 2.52. The summed E-state index contributed by atoms with van der Waals surface area (Å²) in [6, 6.07) is 0. The van der Waals surface area contributed by atoms with Gasteiger partial charge in [-0.15, -0.1) is 0 Å². The Balaban J connectivity index is 3.59. The average Bonchev–Trinajstić information content (AvgIpc) is 2.25. The largest absolute Gasteiger partial charge is 0.465 e. The minimum atomic E-state index is -4.33. The van der Waals surface area contributed by atoms with Crippen molar-refractivity contribution in [1.82, 2.24) is 0 Å². The van der Waals surface area contributed by atoms with Gasteiger partial charge in [-0.1, -0.05) is 39.0 Å². The molecule has 0 aromatic carbocycles. The predicted octanol–water partition coefficient (Wildman–Crippen LogP) is 2.17. The highest BCUT2D eigenvalue weighted by Crippen LogP contribution is 2.06. The number of unbranched alkanes of at least 4 members (excludes halogenated alkanes) is 5. The molecule has 0 aliphatic rings. The Bertz CT molecular complexity index is 310. The van der Waals surface area contributed by atoms with Crippen molar-refractivity contribution in [1.29, 1.82) is 0 Å². The molecule has 0 radical (unpaired) electrons. The summed E-state index contributed by atoms with van der Waals surface area (Å²) in [6.07, 6.45) is 6.35. The smallest absolute Gasteiger partial charge is 0.326 e. The van der Waals surface area contributed by atoms with E-state index in [4.69, 9.17) is 9.29 Å². The molecule has 0 aliphatic heterocycles. The monoisotopic (exact) mass is 266 g/mol. The van der Waals surface area contributed by atoms with E-state index in [1.807, 2.05) is 0 Å². The number of carbonyl (C=O) groups excluding carboxylic acids is 1. The molecule has 1 N–H and O–H groups in total. The zero-order valence-corrected chi connectivity index (χ0v) is 11.3. The zero-order valence-electron chi connectivity index (χ0n) is 10.5. The maximum atomic E-state index is 11.2. The van der Waals surface area contributed by atoms with Crippen molar-refractivity contribution >= 4 is 16.1 Å². The lowest BCUT2D eigenvalue weighted by atomic mass is 10.1. The molecule has 5 nitrogen and oxygen atoms in total. The van der Waals surface area contributed by atoms with Gasteiger partial charge < -0.3 is 4.74 Å². The van der Waals surface area contributed by atoms with Crippen LogP contribution in [0, 0.1) is 0 Å². The second kappa shape index (κ2) is 8.47. The Morgan fingerprint density at radius 1 is 1.18 bits per heavy atom. The average molecular weight is 266 g/mol. The summed E-state index contributed by atoms with van der Waals surface area (Å²) in [7, 11) is -4.33. The lowest BCUT2D eigenvalue weighted by Crippen LogP contribution is -2.28. The first-order chi connectivity index (χ1) is 7.89. The Morgan fingerprint density at radius 3 is 2.24 bits per heavy atom. The fourth-order valence-corrected chi connectivity index (χ4v) is 1.61. The molecule has 0 saturated carbocycles. The van der Waals surface area contributed by atoms with Gasteiger partial charge in [0.05, 0.1) is 6.61 Å². The summed E-state index contributed by atoms with van der Waals surface area (Å²) in [5.74, 6) is -0.888. The van der Waals surface area contributed by atoms with Gasteiger partial charge in [0.1, 0.15) is 0 Å². The van der Waals surface area contributed by atoms with E-state index in [2.05, 4.69) is 6.92 Å². The summed E-state index contributed by atoms with van der Waals surface area (Å²) in [6.45, 7) is 3.46. The molecular formula is C11H22O5S. The Hall–Kier alpha value is -0.620. The topological polar surface area (TPSA) is 80.7 Å². The quantitative estimate of drug-likeness (QED) is 0.393. The van der Waals surface area contributed by atoms with Crippen LogP contribution in [0.4, 0.5) is 0 Å². The van der Waals surface area contributed by atoms with Gasteiger partial charge in [-0.2, -0.15) is 8.42 Å². The van der Waals surface area contributed by atoms with Crippen LogP contribution < -0.4 is 0 Å². The van der Waals surface area contributed by atoms with Crippen molar-refractivity contribution in [2.24, 2.45) is 0 Å². The maximum absolute atomic E-state index is 11.2. The summed E-state index contributed by atoms with van der Waals surface area (Å²) in [5.41, 5.74) is 0. The molecule has 0 rings (SSSR count). The molecule has 0 saturated heterocycles. The van der Waals surface area contributed by atoms with Crippen molar-refractivity contribution in [2.45, 2.75) is 57.6 Å². The van der Waals surface area contributed by atoms with Crippen molar-refractivity contribution < 1.29 is 22.5 Å². The predicted molar refractivity (Wildman–Crippen MR) is 65.3 cm³/mol. The van der Waals surface area contributed by atoms with E-state index in [0.29, 0.717) is 0 Å². The van der Waals surface area contributed by atoms with Crippen molar-refractivity contribution in [3.05, 3.63) is 0 Å². The van der Waals surface area contributed by atoms with E-state index in [-0.39, 0.29) is 6.61 Å². The van der Waals surface area contributed by atoms with E-state index in [1.165, 1.54) is 19.3 Å². The van der Waals surface area contributed by atoms with Gasteiger partial charge in [0.15, 0.2) is 5.25 Å². The van der Waals surface area contributed by atoms with Crippen LogP contribution in [0.3, 0.4) is 0 Å². The van der Waals surface area contributed by atoms with Crippen LogP contribution >= 0.6 is 0 Å². The van der Waals surface area contributed by atoms with E-state index in [9.17, 15) is 13.2 Å². The number of hydrogen-bond donors (Lipinski definition) is 1. The Labute approximate surface area is 103 Å². The van der Waals surface area contributed by atoms with Crippen molar-refractivity contribution in [2.75, 3.05) is 6.61 Å². The van der Waals surface area contributed by atoms with Gasteiger partial charge in [-0.25, -0.2) is 0 Å². The molecule has 1 unspecified atom stereocenters. The maximum Gasteiger partial charge on any atom is 0.326 e. The van der Waals surface area contributed by atoms with Gasteiger partial charge >= 0.3 is 5.97 Å². The van der Waals surface area contributed by atoms with Crippen LogP contribution in [0.2, 0.25) is 0 Å². The fraction of sp³-hybridized carbons (Fsp3) is 0.909. The van der Waals surface area contributed by atoms with Crippen molar-refractivity contribution in [3.8, 4) is 0 Å². The molecule has 0 aromatic rings. The van der Waals surface area contributed by atoms with Crippen LogP contribution in [0.25, 0.3) is 0 Å². The summed E-state index contributed by atoms with van der Waals surface area (Å²) in [5, 5.41) is -1.50. The molecule has 102 valence electrons. The minimum Gasteiger partial charge on any atom is -0.465 e. The molecular weight excluding hydrogens is 244 g/mol. The highest BCUT2D eigenvalue weighted by atomic mass is 32.2. The molecule has 0 bridgehead atoms. The standard InChI is InChI=1S/C11H22O5S/c1-3-4-5-6-7-8-9-16-11(12)10(2)17(13,14)15/h10H,3-9H2,1-2H3,(H,13,14,15). The Kier molecular flexibility index (Phi) is 8.16. The lowest BCUT2D eigenvalue weighted by Gasteiger charge is -2.08. The van der Waals surface area contributed by atoms with E-state index in [1.54, 1.807) is 0 Å². The molecule has 6 heteroatoms. The fourth-order valence-electron chi connectivity index (χ4n) is 1.29. The second-order valence-electron chi connectivity index (χ2n) is 4.09. The normalized spacial score (nSPS) is 13.4. The molecule has 0 spiro atoms. The van der Waals surface area contributed by atoms with E-state index in [0.717, 1.165) is 26.2 Å². The van der Waals surface area contributed by atoms with Gasteiger partial charge in [-0.3, -0.25) is 9.35 Å². The first kappa shape index (κ1) is 16.4. The molecule has 0 fully saturated rings. The highest BCUT2D eigenvalue weighted by Gasteiger charge is 2.26. The summed E-state index contributed by atoms with van der Waals surface area (Å²) < 4.78 is 34.7. The van der Waals surface area contributed by atoms with Gasteiger partial charge in [0.25, 0.3) is 10.1 Å². The number of carbonyl (C=O) groups is 1. The molecule has 1 atom stereocenters. The number of hydrogen-bond acceptors (Lipinski definition) is 4. The van der Waals surface area contributed by atoms with E-state index < -0.39 is 21.3 Å². The van der Waals surface area contributed by atoms with Crippen LogP contribution in [0.1, 0.15) is 52.4 Å². The molecule has 0 amide bonds. The third-order valence-corrected chi connectivity index (χ3v) is 3.61. The first-order valence-corrected chi connectivity index (χ1v) is 7.52. The highest BCUT2D eigenvalue weighted by molar-refractivity contribution is 7.87. The number of esters is 1. The van der Waals surface area contributed by atoms with Crippen LogP contribution in [-0.2, 0) is 19.6 Å². The van der Waals surface area contributed by atoms with Crippen LogP contribution in [0.15, 0.2) is 0 Å². The van der Waals surface area contributed by atoms with Gasteiger partial charge in [-0.05, 0) is 13.3 Å². The molecule has 17 heavy (non-hydrogen) atoms. The van der Waals surface area contributed by atoms with Gasteiger partial charge in [0, 0.05) is 0 Å². The molecule has 0 aromatic heterocycles. The number of ether oxygens (including phenoxy) is 1. The van der Waals surface area contributed by atoms with Gasteiger partial charge in [0.2, 0.25) is 0 Å². The first-order valence-electron chi connectivity index (χ1n) is 6.02. The zero-order chi connectivity index (χ0) is 13.3. The minimum absolute atomic E-state index is 0.213. The van der Waals surface area contributed by atoms with Crippen LogP contribution in [-0.4, -0.2) is 30.8 Å². The van der Waals surface area contributed by atoms with E-state index >= 15 is 0 Å². The van der Waals surface area contributed by atoms with Crippen molar-refractivity contribution in [3.63, 3.8) is 0 Å². The lowest BCUT2D eigenvalue weighted by molar-refractivity contribution is -0.143. The third kappa shape index (κ3) is 8.15. The number of rotatable bonds is 9. The Morgan fingerprint density at radius 2 is 1.71 bits per heavy atom. The van der Waals surface area contributed by atoms with Crippen LogP contribution in [0.5, 0.6) is 0 Å². The summed E-state index contributed by atoms with van der Waals surface area (Å²) in [4.78, 5) is 11.2.